The zero-order chi connectivity index (χ0) is 28.5. The average Bonchev–Trinajstić information content (AvgIpc) is 3.00. The van der Waals surface area contributed by atoms with E-state index in [1.54, 1.807) is 22.9 Å². The van der Waals surface area contributed by atoms with Crippen LogP contribution in [0.2, 0.25) is 5.02 Å². The Morgan fingerprint density at radius 3 is 2.34 bits per heavy atom. The summed E-state index contributed by atoms with van der Waals surface area (Å²) in [5.41, 5.74) is 4.39. The van der Waals surface area contributed by atoms with Crippen LogP contribution >= 0.6 is 11.6 Å². The van der Waals surface area contributed by atoms with Crippen LogP contribution in [0.15, 0.2) is 77.7 Å². The lowest BCUT2D eigenvalue weighted by Gasteiger charge is -2.35. The van der Waals surface area contributed by atoms with E-state index in [9.17, 15) is 9.59 Å². The molecule has 7 nitrogen and oxygen atoms in total. The quantitative estimate of drug-likeness (QED) is 0.298. The molecule has 1 aliphatic heterocycles. The Morgan fingerprint density at radius 2 is 1.63 bits per heavy atom. The molecule has 6 rings (SSSR count). The molecule has 8 heteroatoms. The van der Waals surface area contributed by atoms with Crippen molar-refractivity contribution >= 4 is 39.3 Å². The highest BCUT2D eigenvalue weighted by Crippen LogP contribution is 2.29. The van der Waals surface area contributed by atoms with E-state index >= 15 is 0 Å². The van der Waals surface area contributed by atoms with Crippen LogP contribution in [0.5, 0.6) is 0 Å². The Balaban J connectivity index is 1.32. The summed E-state index contributed by atoms with van der Waals surface area (Å²) in [6, 6.07) is 26.6. The van der Waals surface area contributed by atoms with Gasteiger partial charge in [-0.15, -0.1) is 0 Å². The number of fused-ring (bicyclic) bond motifs is 3. The molecule has 3 aromatic carbocycles. The third kappa shape index (κ3) is 5.55. The predicted molar refractivity (Wildman–Crippen MR) is 164 cm³/mol. The van der Waals surface area contributed by atoms with Crippen LogP contribution in [-0.2, 0) is 0 Å². The number of rotatable bonds is 6. The molecule has 0 spiro atoms. The maximum atomic E-state index is 13.3. The molecule has 1 fully saturated rings. The third-order valence-corrected chi connectivity index (χ3v) is 7.90. The standard InChI is InChI=1S/C33H30ClN5O2/c1-36(2)15-16-37-17-19-38(20-18-37)33(41)24-5-11-28(12-6-24)39-31(40)14-8-26-22-35-30-13-7-25(21-29(30)32(26)39)23-3-9-27(34)10-4-23/h3-7,9-13,21-22H,15-20H2,1-2H3. The Bertz CT molecular complexity index is 1770. The molecule has 41 heavy (non-hydrogen) atoms. The molecule has 0 aliphatic carbocycles. The smallest absolute Gasteiger partial charge is 0.307 e. The van der Waals surface area contributed by atoms with Crippen molar-refractivity contribution in [2.45, 2.75) is 0 Å². The number of carbonyl (C=O) groups is 1. The molecule has 0 bridgehead atoms. The predicted octanol–water partition coefficient (Wildman–Crippen LogP) is 4.78. The fourth-order valence-corrected chi connectivity index (χ4v) is 5.44. The van der Waals surface area contributed by atoms with E-state index in [4.69, 9.17) is 11.6 Å². The fourth-order valence-electron chi connectivity index (χ4n) is 5.31. The lowest BCUT2D eigenvalue weighted by Crippen LogP contribution is -2.49. The molecule has 2 aromatic heterocycles. The van der Waals surface area contributed by atoms with Gasteiger partial charge in [0, 0.05) is 73.2 Å². The number of amides is 1. The van der Waals surface area contributed by atoms with E-state index in [-0.39, 0.29) is 11.5 Å². The van der Waals surface area contributed by atoms with Gasteiger partial charge < -0.3 is 9.80 Å². The maximum absolute atomic E-state index is 13.3. The summed E-state index contributed by atoms with van der Waals surface area (Å²) in [6.45, 7) is 5.16. The number of hydrogen-bond acceptors (Lipinski definition) is 5. The van der Waals surface area contributed by atoms with Crippen molar-refractivity contribution < 1.29 is 4.79 Å². The van der Waals surface area contributed by atoms with Gasteiger partial charge in [-0.1, -0.05) is 35.9 Å². The van der Waals surface area contributed by atoms with Crippen molar-refractivity contribution in [3.63, 3.8) is 0 Å². The van der Waals surface area contributed by atoms with Gasteiger partial charge in [0.1, 0.15) is 0 Å². The van der Waals surface area contributed by atoms with Crippen LogP contribution in [0.3, 0.4) is 0 Å². The zero-order valence-corrected chi connectivity index (χ0v) is 23.9. The molecule has 0 unspecified atom stereocenters. The molecular formula is C33H30ClN5O2. The first-order valence-electron chi connectivity index (χ1n) is 13.7. The van der Waals surface area contributed by atoms with Gasteiger partial charge in [-0.25, -0.2) is 0 Å². The van der Waals surface area contributed by atoms with E-state index in [0.29, 0.717) is 40.3 Å². The van der Waals surface area contributed by atoms with Crippen molar-refractivity contribution in [1.82, 2.24) is 24.3 Å². The van der Waals surface area contributed by atoms with E-state index in [0.717, 1.165) is 48.2 Å². The lowest BCUT2D eigenvalue weighted by molar-refractivity contribution is 0.0630. The minimum atomic E-state index is -0.324. The second-order valence-electron chi connectivity index (χ2n) is 10.6. The number of halogens is 1. The highest BCUT2D eigenvalue weighted by atomic mass is 35.5. The van der Waals surface area contributed by atoms with Gasteiger partial charge >= 0.3 is 5.56 Å². The topological polar surface area (TPSA) is 61.7 Å². The van der Waals surface area contributed by atoms with Gasteiger partial charge in [-0.3, -0.25) is 24.0 Å². The molecule has 0 atom stereocenters. The normalized spacial score (nSPS) is 14.1. The summed E-state index contributed by atoms with van der Waals surface area (Å²) in [4.78, 5) is 37.6. The van der Waals surface area contributed by atoms with E-state index in [1.807, 2.05) is 59.5 Å². The van der Waals surface area contributed by atoms with Crippen LogP contribution in [0.4, 0.5) is 0 Å². The minimum Gasteiger partial charge on any atom is -0.336 e. The van der Waals surface area contributed by atoms with Crippen molar-refractivity contribution in [1.29, 1.82) is 0 Å². The van der Waals surface area contributed by atoms with Gasteiger partial charge in [0.15, 0.2) is 0 Å². The minimum absolute atomic E-state index is 0.0104. The van der Waals surface area contributed by atoms with Crippen molar-refractivity contribution in [2.24, 2.45) is 0 Å². The van der Waals surface area contributed by atoms with Crippen LogP contribution in [0.1, 0.15) is 10.4 Å². The van der Waals surface area contributed by atoms with Crippen LogP contribution in [0.25, 0.3) is 38.6 Å². The largest absolute Gasteiger partial charge is 0.336 e. The van der Waals surface area contributed by atoms with Gasteiger partial charge in [0.05, 0.1) is 16.4 Å². The Kier molecular flexibility index (Phi) is 7.46. The number of benzene rings is 3. The maximum Gasteiger partial charge on any atom is 0.307 e. The number of pyridine rings is 1. The molecule has 1 amide bonds. The van der Waals surface area contributed by atoms with E-state index in [1.165, 1.54) is 0 Å². The highest BCUT2D eigenvalue weighted by molar-refractivity contribution is 6.30. The average molecular weight is 564 g/mol. The highest BCUT2D eigenvalue weighted by Gasteiger charge is 2.22. The van der Waals surface area contributed by atoms with Crippen LogP contribution in [0, 0.1) is 12.1 Å². The SMILES string of the molecule is CN(C)CCN1CCN(C(=O)c2ccc(-n3c(=O)c#cc4cnc5ccc(-c6ccc(Cl)cc6)cc5c43)cc2)CC1. The van der Waals surface area contributed by atoms with Crippen molar-refractivity contribution in [3.8, 4) is 16.8 Å². The number of piperazine rings is 1. The molecular weight excluding hydrogens is 534 g/mol. The monoisotopic (exact) mass is 563 g/mol. The second-order valence-corrected chi connectivity index (χ2v) is 11.1. The molecule has 0 N–H and O–H groups in total. The molecule has 0 radical (unpaired) electrons. The fraction of sp³-hybridized carbons (Fsp3) is 0.242. The molecule has 206 valence electrons. The van der Waals surface area contributed by atoms with E-state index in [2.05, 4.69) is 41.0 Å². The summed E-state index contributed by atoms with van der Waals surface area (Å²) in [6.07, 6.45) is 1.71. The van der Waals surface area contributed by atoms with E-state index < -0.39 is 0 Å². The van der Waals surface area contributed by atoms with Gasteiger partial charge in [-0.2, -0.15) is 0 Å². The molecule has 5 aromatic rings. The first kappa shape index (κ1) is 27.0. The number of hydrogen-bond donors (Lipinski definition) is 0. The second kappa shape index (κ2) is 11.3. The summed E-state index contributed by atoms with van der Waals surface area (Å²) in [5, 5.41) is 2.17. The van der Waals surface area contributed by atoms with Crippen molar-refractivity contribution in [3.05, 3.63) is 106 Å². The Morgan fingerprint density at radius 1 is 0.927 bits per heavy atom. The van der Waals surface area contributed by atoms with Crippen LogP contribution < -0.4 is 5.56 Å². The lowest BCUT2D eigenvalue weighted by atomic mass is 10.0. The van der Waals surface area contributed by atoms with Gasteiger partial charge in [-0.05, 0) is 73.8 Å². The summed E-state index contributed by atoms with van der Waals surface area (Å²) in [5.74, 6) is 0.0104. The zero-order valence-electron chi connectivity index (χ0n) is 23.1. The third-order valence-electron chi connectivity index (χ3n) is 7.64. The van der Waals surface area contributed by atoms with Crippen LogP contribution in [-0.4, -0.2) is 83.5 Å². The molecule has 3 heterocycles. The summed E-state index contributed by atoms with van der Waals surface area (Å²) < 4.78 is 1.62. The summed E-state index contributed by atoms with van der Waals surface area (Å²) in [7, 11) is 4.15. The summed E-state index contributed by atoms with van der Waals surface area (Å²) >= 11 is 6.10. The van der Waals surface area contributed by atoms with Gasteiger partial charge in [0.2, 0.25) is 0 Å². The first-order chi connectivity index (χ1) is 19.9. The molecule has 0 saturated carbocycles. The number of carbonyl (C=O) groups excluding carboxylic acids is 1. The Hall–Kier alpha value is -4.22. The number of nitrogens with zero attached hydrogens (tertiary/aromatic N) is 5. The molecule has 1 aliphatic rings. The Labute approximate surface area is 244 Å². The molecule has 1 saturated heterocycles. The number of aromatic nitrogens is 2. The van der Waals surface area contributed by atoms with Crippen molar-refractivity contribution in [2.75, 3.05) is 53.4 Å². The first-order valence-corrected chi connectivity index (χ1v) is 14.1. The number of likely N-dealkylation sites (N-methyl/N-ethyl adjacent to an activating group) is 1. The van der Waals surface area contributed by atoms with Gasteiger partial charge in [0.25, 0.3) is 5.91 Å².